The maximum Gasteiger partial charge on any atom is 0.319 e. The molecule has 1 aromatic carbocycles. The highest BCUT2D eigenvalue weighted by Crippen LogP contribution is 2.22. The Bertz CT molecular complexity index is 755. The number of para-hydroxylation sites is 1. The van der Waals surface area contributed by atoms with Crippen LogP contribution in [0.1, 0.15) is 12.8 Å². The van der Waals surface area contributed by atoms with Gasteiger partial charge in [0.25, 0.3) is 0 Å². The summed E-state index contributed by atoms with van der Waals surface area (Å²) in [5.74, 6) is -1.05. The third-order valence-corrected chi connectivity index (χ3v) is 4.63. The van der Waals surface area contributed by atoms with Crippen LogP contribution in [0.3, 0.4) is 0 Å². The summed E-state index contributed by atoms with van der Waals surface area (Å²) in [5.41, 5.74) is 5.73. The molecule has 3 atom stereocenters. The molecular weight excluding hydrogens is 420 g/mol. The number of nitrogens with one attached hydrogen (secondary N) is 3. The fourth-order valence-corrected chi connectivity index (χ4v) is 2.93. The molecule has 0 spiro atoms. The SMILES string of the molecule is NC(=O)CCNC(=O)C1=C[C@H](NC(=O)Nc2ccccc2Br)[C@@H](O)[C@H](O)C1. The van der Waals surface area contributed by atoms with E-state index in [1.54, 1.807) is 24.3 Å². The number of urea groups is 1. The van der Waals surface area contributed by atoms with Gasteiger partial charge in [0.1, 0.15) is 6.10 Å². The largest absolute Gasteiger partial charge is 0.390 e. The summed E-state index contributed by atoms with van der Waals surface area (Å²) >= 11 is 3.30. The van der Waals surface area contributed by atoms with Crippen LogP contribution in [0.4, 0.5) is 10.5 Å². The Morgan fingerprint density at radius 3 is 2.59 bits per heavy atom. The maximum absolute atomic E-state index is 12.2. The van der Waals surface area contributed by atoms with Gasteiger partial charge in [-0.25, -0.2) is 4.79 Å². The second-order valence-corrected chi connectivity index (χ2v) is 6.88. The minimum atomic E-state index is -1.27. The van der Waals surface area contributed by atoms with E-state index in [9.17, 15) is 24.6 Å². The lowest BCUT2D eigenvalue weighted by Crippen LogP contribution is -2.52. The van der Waals surface area contributed by atoms with Crippen molar-refractivity contribution in [2.75, 3.05) is 11.9 Å². The van der Waals surface area contributed by atoms with Crippen molar-refractivity contribution in [1.82, 2.24) is 10.6 Å². The molecule has 1 aromatic rings. The highest BCUT2D eigenvalue weighted by Gasteiger charge is 2.33. The zero-order valence-corrected chi connectivity index (χ0v) is 15.9. The molecule has 1 aliphatic carbocycles. The number of hydrogen-bond acceptors (Lipinski definition) is 5. The van der Waals surface area contributed by atoms with Gasteiger partial charge in [-0.3, -0.25) is 9.59 Å². The molecule has 0 saturated heterocycles. The number of amides is 4. The van der Waals surface area contributed by atoms with Gasteiger partial charge in [0, 0.05) is 29.4 Å². The number of carbonyl (C=O) groups excluding carboxylic acids is 3. The van der Waals surface area contributed by atoms with Crippen molar-refractivity contribution < 1.29 is 24.6 Å². The van der Waals surface area contributed by atoms with E-state index in [0.29, 0.717) is 10.2 Å². The number of aliphatic hydroxyl groups excluding tert-OH is 2. The molecule has 0 saturated carbocycles. The minimum absolute atomic E-state index is 0.0137. The van der Waals surface area contributed by atoms with E-state index in [0.717, 1.165) is 0 Å². The predicted molar refractivity (Wildman–Crippen MR) is 102 cm³/mol. The van der Waals surface area contributed by atoms with Gasteiger partial charge in [-0.05, 0) is 28.1 Å². The van der Waals surface area contributed by atoms with E-state index in [2.05, 4.69) is 31.9 Å². The number of halogens is 1. The number of aliphatic hydroxyl groups is 2. The van der Waals surface area contributed by atoms with E-state index >= 15 is 0 Å². The molecule has 0 radical (unpaired) electrons. The Kier molecular flexibility index (Phi) is 7.34. The van der Waals surface area contributed by atoms with Crippen LogP contribution in [0.15, 0.2) is 40.4 Å². The van der Waals surface area contributed by atoms with Crippen LogP contribution in [-0.2, 0) is 9.59 Å². The van der Waals surface area contributed by atoms with Gasteiger partial charge < -0.3 is 31.9 Å². The first-order valence-corrected chi connectivity index (χ1v) is 9.02. The number of carbonyl (C=O) groups is 3. The van der Waals surface area contributed by atoms with Crippen molar-refractivity contribution in [2.45, 2.75) is 31.1 Å². The topological polar surface area (TPSA) is 154 Å². The lowest BCUT2D eigenvalue weighted by Gasteiger charge is -2.31. The Balaban J connectivity index is 2.02. The van der Waals surface area contributed by atoms with E-state index in [-0.39, 0.29) is 25.0 Å². The highest BCUT2D eigenvalue weighted by atomic mass is 79.9. The van der Waals surface area contributed by atoms with Crippen LogP contribution >= 0.6 is 15.9 Å². The second-order valence-electron chi connectivity index (χ2n) is 6.03. The van der Waals surface area contributed by atoms with Crippen molar-refractivity contribution in [3.05, 3.63) is 40.4 Å². The fourth-order valence-electron chi connectivity index (χ4n) is 2.55. The number of rotatable bonds is 6. The molecule has 146 valence electrons. The summed E-state index contributed by atoms with van der Waals surface area (Å²) in [6.07, 6.45) is -1.19. The van der Waals surface area contributed by atoms with Crippen molar-refractivity contribution in [2.24, 2.45) is 5.73 Å². The summed E-state index contributed by atoms with van der Waals surface area (Å²) in [7, 11) is 0. The minimum Gasteiger partial charge on any atom is -0.390 e. The van der Waals surface area contributed by atoms with Gasteiger partial charge in [0.05, 0.1) is 17.8 Å². The van der Waals surface area contributed by atoms with E-state index < -0.39 is 36.1 Å². The molecule has 0 aliphatic heterocycles. The van der Waals surface area contributed by atoms with E-state index in [4.69, 9.17) is 5.73 Å². The van der Waals surface area contributed by atoms with Gasteiger partial charge in [-0.1, -0.05) is 18.2 Å². The lowest BCUT2D eigenvalue weighted by molar-refractivity contribution is -0.119. The van der Waals surface area contributed by atoms with E-state index in [1.807, 2.05) is 0 Å². The molecule has 27 heavy (non-hydrogen) atoms. The van der Waals surface area contributed by atoms with Gasteiger partial charge in [0.15, 0.2) is 0 Å². The van der Waals surface area contributed by atoms with Crippen molar-refractivity contribution >= 4 is 39.5 Å². The molecule has 10 heteroatoms. The molecule has 2 rings (SSSR count). The monoisotopic (exact) mass is 440 g/mol. The zero-order valence-electron chi connectivity index (χ0n) is 14.3. The number of anilines is 1. The molecule has 0 bridgehead atoms. The summed E-state index contributed by atoms with van der Waals surface area (Å²) < 4.78 is 0.675. The average molecular weight is 441 g/mol. The highest BCUT2D eigenvalue weighted by molar-refractivity contribution is 9.10. The Morgan fingerprint density at radius 1 is 1.22 bits per heavy atom. The van der Waals surface area contributed by atoms with Gasteiger partial charge in [-0.15, -0.1) is 0 Å². The van der Waals surface area contributed by atoms with Crippen LogP contribution in [0, 0.1) is 0 Å². The molecule has 0 unspecified atom stereocenters. The average Bonchev–Trinajstić information content (AvgIpc) is 2.60. The molecule has 7 N–H and O–H groups in total. The Hall–Kier alpha value is -2.43. The zero-order chi connectivity index (χ0) is 20.0. The first-order chi connectivity index (χ1) is 12.8. The smallest absolute Gasteiger partial charge is 0.319 e. The summed E-state index contributed by atoms with van der Waals surface area (Å²) in [6.45, 7) is 0.0603. The number of nitrogens with two attached hydrogens (primary N) is 1. The van der Waals surface area contributed by atoms with Gasteiger partial charge in [-0.2, -0.15) is 0 Å². The molecule has 9 nitrogen and oxygen atoms in total. The molecule has 4 amide bonds. The third-order valence-electron chi connectivity index (χ3n) is 3.94. The van der Waals surface area contributed by atoms with Gasteiger partial charge >= 0.3 is 6.03 Å². The Morgan fingerprint density at radius 2 is 1.93 bits per heavy atom. The summed E-state index contributed by atoms with van der Waals surface area (Å²) in [4.78, 5) is 35.1. The van der Waals surface area contributed by atoms with Crippen LogP contribution in [-0.4, -0.2) is 52.9 Å². The normalized spacial score (nSPS) is 21.7. The van der Waals surface area contributed by atoms with Crippen LogP contribution < -0.4 is 21.7 Å². The van der Waals surface area contributed by atoms with Crippen molar-refractivity contribution in [3.8, 4) is 0 Å². The number of hydrogen-bond donors (Lipinski definition) is 6. The maximum atomic E-state index is 12.2. The first kappa shape index (κ1) is 20.9. The second kappa shape index (κ2) is 9.49. The molecule has 1 aliphatic rings. The molecular formula is C17H21BrN4O5. The molecule has 0 aromatic heterocycles. The Labute approximate surface area is 164 Å². The summed E-state index contributed by atoms with van der Waals surface area (Å²) in [5, 5.41) is 27.8. The summed E-state index contributed by atoms with van der Waals surface area (Å²) in [6, 6.07) is 5.40. The van der Waals surface area contributed by atoms with Crippen LogP contribution in [0.2, 0.25) is 0 Å². The predicted octanol–water partition coefficient (Wildman–Crippen LogP) is -0.0173. The van der Waals surface area contributed by atoms with Crippen molar-refractivity contribution in [1.29, 1.82) is 0 Å². The molecule has 0 fully saturated rings. The first-order valence-electron chi connectivity index (χ1n) is 8.23. The van der Waals surface area contributed by atoms with Crippen LogP contribution in [0.5, 0.6) is 0 Å². The number of benzene rings is 1. The van der Waals surface area contributed by atoms with Gasteiger partial charge in [0.2, 0.25) is 11.8 Å². The van der Waals surface area contributed by atoms with E-state index in [1.165, 1.54) is 6.08 Å². The van der Waals surface area contributed by atoms with Crippen molar-refractivity contribution in [3.63, 3.8) is 0 Å². The standard InChI is InChI=1S/C17H21BrN4O5/c18-10-3-1-2-4-11(10)21-17(27)22-12-7-9(8-13(23)15(12)25)16(26)20-6-5-14(19)24/h1-4,7,12-13,15,23,25H,5-6,8H2,(H2,19,24)(H,20,26)(H2,21,22,27)/t12-,13+,15+/m0/s1. The quantitative estimate of drug-likeness (QED) is 0.366. The number of primary amides is 1. The molecule has 0 heterocycles. The lowest BCUT2D eigenvalue weighted by atomic mass is 9.90. The third kappa shape index (κ3) is 6.05. The van der Waals surface area contributed by atoms with Crippen LogP contribution in [0.25, 0.3) is 0 Å². The fraction of sp³-hybridized carbons (Fsp3) is 0.353.